The molecule has 0 aliphatic rings. The summed E-state index contributed by atoms with van der Waals surface area (Å²) in [6.45, 7) is 8.92. The number of ketones is 1. The normalized spacial score (nSPS) is 12.2. The highest BCUT2D eigenvalue weighted by molar-refractivity contribution is 6.64. The van der Waals surface area contributed by atoms with Gasteiger partial charge in [-0.2, -0.15) is 0 Å². The third kappa shape index (κ3) is 5.55. The highest BCUT2D eigenvalue weighted by Gasteiger charge is 2.42. The van der Waals surface area contributed by atoms with Crippen molar-refractivity contribution in [2.24, 2.45) is 0 Å². The Morgan fingerprint density at radius 2 is 1.50 bits per heavy atom. The molecule has 0 radical (unpaired) electrons. The van der Waals surface area contributed by atoms with Crippen LogP contribution in [0.1, 0.15) is 27.7 Å². The average Bonchev–Trinajstić information content (AvgIpc) is 2.18. The molecule has 0 aromatic rings. The summed E-state index contributed by atoms with van der Waals surface area (Å²) in [5, 5.41) is 0. The zero-order chi connectivity index (χ0) is 12.4. The second-order valence-electron chi connectivity index (χ2n) is 3.13. The summed E-state index contributed by atoms with van der Waals surface area (Å²) in [5.41, 5.74) is 0. The van der Waals surface area contributed by atoms with Crippen molar-refractivity contribution in [3.63, 3.8) is 0 Å². The van der Waals surface area contributed by atoms with Crippen molar-refractivity contribution >= 4 is 14.6 Å². The number of allylic oxidation sites excluding steroid dienone is 2. The van der Waals surface area contributed by atoms with Gasteiger partial charge in [0, 0.05) is 19.8 Å². The monoisotopic (exact) mass is 246 g/mol. The molecule has 0 bridgehead atoms. The average molecular weight is 246 g/mol. The van der Waals surface area contributed by atoms with Crippen LogP contribution in [0.3, 0.4) is 0 Å². The number of carbonyl (C=O) groups excluding carboxylic acids is 1. The Balaban J connectivity index is 4.64. The molecule has 0 aromatic carbocycles. The summed E-state index contributed by atoms with van der Waals surface area (Å²) < 4.78 is 16.7. The van der Waals surface area contributed by atoms with Gasteiger partial charge >= 0.3 is 8.80 Å². The molecule has 0 heterocycles. The first-order chi connectivity index (χ1) is 7.64. The second-order valence-corrected chi connectivity index (χ2v) is 5.71. The number of hydrogen-bond acceptors (Lipinski definition) is 4. The fourth-order valence-electron chi connectivity index (χ4n) is 1.40. The lowest BCUT2D eigenvalue weighted by Crippen LogP contribution is -2.47. The number of hydrogen-bond donors (Lipinski definition) is 0. The van der Waals surface area contributed by atoms with Crippen LogP contribution in [0, 0.1) is 0 Å². The van der Waals surface area contributed by atoms with E-state index in [0.717, 1.165) is 0 Å². The lowest BCUT2D eigenvalue weighted by molar-refractivity contribution is -0.113. The van der Waals surface area contributed by atoms with Crippen LogP contribution in [0.2, 0.25) is 6.04 Å². The first-order valence-electron chi connectivity index (χ1n) is 5.71. The van der Waals surface area contributed by atoms with Crippen LogP contribution in [0.25, 0.3) is 0 Å². The molecule has 0 unspecified atom stereocenters. The summed E-state index contributed by atoms with van der Waals surface area (Å²) in [4.78, 5) is 11.6. The maximum atomic E-state index is 11.6. The molecule has 0 rings (SSSR count). The predicted octanol–water partition coefficient (Wildman–Crippen LogP) is 2.18. The molecule has 0 saturated heterocycles. The van der Waals surface area contributed by atoms with E-state index in [1.54, 1.807) is 6.08 Å². The van der Waals surface area contributed by atoms with E-state index in [4.69, 9.17) is 13.3 Å². The summed E-state index contributed by atoms with van der Waals surface area (Å²) in [7, 11) is -2.80. The highest BCUT2D eigenvalue weighted by Crippen LogP contribution is 2.16. The molecule has 0 atom stereocenters. The van der Waals surface area contributed by atoms with Crippen molar-refractivity contribution in [2.45, 2.75) is 33.7 Å². The van der Waals surface area contributed by atoms with Gasteiger partial charge in [0.15, 0.2) is 5.78 Å². The SMILES string of the molecule is CC=CC(=O)C[Si](OCC)(OCC)OCC. The molecule has 0 saturated carbocycles. The maximum absolute atomic E-state index is 11.6. The Kier molecular flexibility index (Phi) is 8.37. The van der Waals surface area contributed by atoms with Crippen LogP contribution in [0.5, 0.6) is 0 Å². The van der Waals surface area contributed by atoms with Crippen molar-refractivity contribution in [1.82, 2.24) is 0 Å². The molecule has 0 aliphatic heterocycles. The largest absolute Gasteiger partial charge is 0.508 e. The van der Waals surface area contributed by atoms with Gasteiger partial charge < -0.3 is 13.3 Å². The van der Waals surface area contributed by atoms with E-state index < -0.39 is 8.80 Å². The Morgan fingerprint density at radius 3 is 1.81 bits per heavy atom. The standard InChI is InChI=1S/C11H22O4Si/c1-5-9-11(12)10-16(13-6-2,14-7-3)15-8-4/h5,9H,6-8,10H2,1-4H3. The van der Waals surface area contributed by atoms with E-state index in [-0.39, 0.29) is 11.8 Å². The minimum Gasteiger partial charge on any atom is -0.373 e. The third-order valence-electron chi connectivity index (χ3n) is 1.84. The molecule has 94 valence electrons. The molecular weight excluding hydrogens is 224 g/mol. The molecule has 0 spiro atoms. The van der Waals surface area contributed by atoms with Crippen molar-refractivity contribution in [3.8, 4) is 0 Å². The summed E-state index contributed by atoms with van der Waals surface area (Å²) in [5.74, 6) is -0.00971. The van der Waals surface area contributed by atoms with Gasteiger partial charge in [0.05, 0.1) is 6.04 Å². The van der Waals surface area contributed by atoms with Crippen LogP contribution in [-0.4, -0.2) is 34.4 Å². The van der Waals surface area contributed by atoms with Gasteiger partial charge in [-0.05, 0) is 33.8 Å². The van der Waals surface area contributed by atoms with Gasteiger partial charge in [-0.25, -0.2) is 0 Å². The third-order valence-corrected chi connectivity index (χ3v) is 4.80. The van der Waals surface area contributed by atoms with Crippen molar-refractivity contribution in [1.29, 1.82) is 0 Å². The molecule has 0 fully saturated rings. The van der Waals surface area contributed by atoms with E-state index in [1.807, 2.05) is 27.7 Å². The quantitative estimate of drug-likeness (QED) is 0.462. The van der Waals surface area contributed by atoms with E-state index in [9.17, 15) is 4.79 Å². The lowest BCUT2D eigenvalue weighted by Gasteiger charge is -2.27. The second kappa shape index (κ2) is 8.64. The molecular formula is C11H22O4Si. The molecule has 4 nitrogen and oxygen atoms in total. The van der Waals surface area contributed by atoms with Crippen LogP contribution < -0.4 is 0 Å². The van der Waals surface area contributed by atoms with Crippen LogP contribution in [0.4, 0.5) is 0 Å². The Morgan fingerprint density at radius 1 is 1.06 bits per heavy atom. The molecule has 16 heavy (non-hydrogen) atoms. The van der Waals surface area contributed by atoms with Gasteiger partial charge in [0.1, 0.15) is 0 Å². The van der Waals surface area contributed by atoms with Gasteiger partial charge in [-0.15, -0.1) is 0 Å². The summed E-state index contributed by atoms with van der Waals surface area (Å²) in [6, 6.07) is 0.215. The minimum absolute atomic E-state index is 0.00971. The molecule has 0 N–H and O–H groups in total. The lowest BCUT2D eigenvalue weighted by atomic mass is 10.4. The van der Waals surface area contributed by atoms with Crippen molar-refractivity contribution in [3.05, 3.63) is 12.2 Å². The first kappa shape index (κ1) is 15.5. The van der Waals surface area contributed by atoms with Gasteiger partial charge in [0.25, 0.3) is 0 Å². The maximum Gasteiger partial charge on any atom is 0.508 e. The van der Waals surface area contributed by atoms with Gasteiger partial charge in [-0.1, -0.05) is 6.08 Å². The number of rotatable bonds is 9. The fourth-order valence-corrected chi connectivity index (χ4v) is 3.82. The van der Waals surface area contributed by atoms with E-state index in [2.05, 4.69) is 0 Å². The van der Waals surface area contributed by atoms with Crippen LogP contribution in [-0.2, 0) is 18.1 Å². The van der Waals surface area contributed by atoms with Crippen LogP contribution in [0.15, 0.2) is 12.2 Å². The summed E-state index contributed by atoms with van der Waals surface area (Å²) >= 11 is 0. The van der Waals surface area contributed by atoms with Crippen LogP contribution >= 0.6 is 0 Å². The summed E-state index contributed by atoms with van der Waals surface area (Å²) in [6.07, 6.45) is 3.24. The Bertz CT molecular complexity index is 211. The van der Waals surface area contributed by atoms with Gasteiger partial charge in [-0.3, -0.25) is 4.79 Å². The minimum atomic E-state index is -2.80. The Labute approximate surface area is 99.0 Å². The van der Waals surface area contributed by atoms with E-state index in [1.165, 1.54) is 6.08 Å². The molecule has 0 amide bonds. The fraction of sp³-hybridized carbons (Fsp3) is 0.727. The van der Waals surface area contributed by atoms with Crippen molar-refractivity contribution < 1.29 is 18.1 Å². The zero-order valence-corrected chi connectivity index (χ0v) is 11.6. The van der Waals surface area contributed by atoms with Crippen molar-refractivity contribution in [2.75, 3.05) is 19.8 Å². The predicted molar refractivity (Wildman–Crippen MR) is 65.3 cm³/mol. The topological polar surface area (TPSA) is 44.8 Å². The smallest absolute Gasteiger partial charge is 0.373 e. The molecule has 5 heteroatoms. The highest BCUT2D eigenvalue weighted by atomic mass is 28.4. The zero-order valence-electron chi connectivity index (χ0n) is 10.6. The Hall–Kier alpha value is -0.493. The molecule has 0 aromatic heterocycles. The molecule has 0 aliphatic carbocycles. The van der Waals surface area contributed by atoms with E-state index >= 15 is 0 Å². The van der Waals surface area contributed by atoms with Gasteiger partial charge in [0.2, 0.25) is 0 Å². The first-order valence-corrected chi connectivity index (χ1v) is 7.64. The number of carbonyl (C=O) groups is 1. The van der Waals surface area contributed by atoms with E-state index in [0.29, 0.717) is 19.8 Å².